The van der Waals surface area contributed by atoms with E-state index < -0.39 is 29.6 Å². The molecule has 0 spiro atoms. The SMILES string of the molecule is C/C=C(\CN(C)C)C(=O)Nc1ccc(CN(C)c2c(C)cccc2N(C)C(=O)[C@@H]2CCC(=O)N2c2cc(C(F)(F)F)cc(C)n2)cc1.CC. The van der Waals surface area contributed by atoms with E-state index in [9.17, 15) is 27.6 Å². The minimum Gasteiger partial charge on any atom is -0.368 e. The number of amides is 3. The van der Waals surface area contributed by atoms with Gasteiger partial charge in [0.1, 0.15) is 11.9 Å². The molecule has 4 rings (SSSR count). The molecule has 12 heteroatoms. The molecule has 0 unspecified atom stereocenters. The van der Waals surface area contributed by atoms with Crippen LogP contribution in [-0.2, 0) is 27.1 Å². The second-order valence-electron chi connectivity index (χ2n) is 12.1. The summed E-state index contributed by atoms with van der Waals surface area (Å²) >= 11 is 0. The molecule has 0 radical (unpaired) electrons. The normalized spacial score (nSPS) is 14.8. The molecule has 1 aromatic heterocycles. The monoisotopic (exact) mass is 680 g/mol. The molecular formula is C37H47F3N6O3. The van der Waals surface area contributed by atoms with Crippen molar-refractivity contribution in [3.05, 3.63) is 88.6 Å². The first-order valence-corrected chi connectivity index (χ1v) is 16.3. The summed E-state index contributed by atoms with van der Waals surface area (Å²) in [7, 11) is 7.31. The maximum absolute atomic E-state index is 14.0. The molecule has 1 saturated heterocycles. The first-order valence-electron chi connectivity index (χ1n) is 16.3. The Morgan fingerprint density at radius 1 is 1.02 bits per heavy atom. The van der Waals surface area contributed by atoms with Crippen LogP contribution in [-0.4, -0.2) is 68.4 Å². The van der Waals surface area contributed by atoms with E-state index in [1.165, 1.54) is 11.8 Å². The van der Waals surface area contributed by atoms with Crippen LogP contribution in [0.1, 0.15) is 56.0 Å². The van der Waals surface area contributed by atoms with Gasteiger partial charge in [-0.15, -0.1) is 0 Å². The number of pyridine rings is 1. The third kappa shape index (κ3) is 9.47. The fourth-order valence-electron chi connectivity index (χ4n) is 5.79. The van der Waals surface area contributed by atoms with Crippen molar-refractivity contribution in [2.24, 2.45) is 0 Å². The number of aromatic nitrogens is 1. The standard InChI is InChI=1S/C35H41F3N6O3.C2H6/c1-8-25(21-41(4)5)33(46)40-27-14-12-24(13-15-27)20-42(6)32-22(2)10-9-11-28(32)43(7)34(47)29-16-17-31(45)44(29)30-19-26(35(36,37)38)18-23(3)39-30;1-2/h8-15,18-19,29H,16-17,20-21H2,1-7H3,(H,40,46);1-2H3/b25-8+;/t29-;/m0./s1. The topological polar surface area (TPSA) is 89.1 Å². The molecule has 9 nitrogen and oxygen atoms in total. The Morgan fingerprint density at radius 2 is 1.67 bits per heavy atom. The van der Waals surface area contributed by atoms with Gasteiger partial charge in [-0.2, -0.15) is 13.2 Å². The Bertz CT molecular complexity index is 1670. The van der Waals surface area contributed by atoms with Crippen LogP contribution in [0.3, 0.4) is 0 Å². The summed E-state index contributed by atoms with van der Waals surface area (Å²) in [6.07, 6.45) is -2.66. The van der Waals surface area contributed by atoms with Crippen LogP contribution in [0.25, 0.3) is 0 Å². The summed E-state index contributed by atoms with van der Waals surface area (Å²) < 4.78 is 40.7. The number of carbonyl (C=O) groups is 3. The van der Waals surface area contributed by atoms with Gasteiger partial charge < -0.3 is 20.0 Å². The lowest BCUT2D eigenvalue weighted by atomic mass is 10.1. The van der Waals surface area contributed by atoms with Gasteiger partial charge in [-0.25, -0.2) is 4.98 Å². The number of alkyl halides is 3. The Labute approximate surface area is 287 Å². The largest absolute Gasteiger partial charge is 0.416 e. The number of carbonyl (C=O) groups excluding carboxylic acids is 3. The highest BCUT2D eigenvalue weighted by atomic mass is 19.4. The molecule has 0 saturated carbocycles. The van der Waals surface area contributed by atoms with Crippen molar-refractivity contribution < 1.29 is 27.6 Å². The van der Waals surface area contributed by atoms with E-state index in [-0.39, 0.29) is 30.3 Å². The zero-order chi connectivity index (χ0) is 36.6. The van der Waals surface area contributed by atoms with E-state index >= 15 is 0 Å². The number of nitrogens with one attached hydrogen (secondary N) is 1. The number of anilines is 4. The molecule has 3 aromatic rings. The van der Waals surface area contributed by atoms with Gasteiger partial charge in [0.25, 0.3) is 5.91 Å². The Kier molecular flexibility index (Phi) is 13.1. The number of nitrogens with zero attached hydrogens (tertiary/aromatic N) is 5. The molecule has 2 heterocycles. The Balaban J connectivity index is 0.00000319. The summed E-state index contributed by atoms with van der Waals surface area (Å²) in [6, 6.07) is 13.8. The van der Waals surface area contributed by atoms with Crippen molar-refractivity contribution in [1.29, 1.82) is 0 Å². The lowest BCUT2D eigenvalue weighted by molar-refractivity contribution is -0.137. The van der Waals surface area contributed by atoms with Crippen molar-refractivity contribution >= 4 is 40.6 Å². The van der Waals surface area contributed by atoms with Crippen LogP contribution in [0, 0.1) is 13.8 Å². The lowest BCUT2D eigenvalue weighted by Crippen LogP contribution is -2.46. The van der Waals surface area contributed by atoms with Crippen molar-refractivity contribution in [3.63, 3.8) is 0 Å². The van der Waals surface area contributed by atoms with Gasteiger partial charge in [0, 0.05) is 50.6 Å². The number of rotatable bonds is 10. The number of hydrogen-bond acceptors (Lipinski definition) is 6. The van der Waals surface area contributed by atoms with Gasteiger partial charge in [-0.1, -0.05) is 44.2 Å². The molecular weight excluding hydrogens is 633 g/mol. The van der Waals surface area contributed by atoms with Crippen LogP contribution in [0.15, 0.2) is 66.2 Å². The summed E-state index contributed by atoms with van der Waals surface area (Å²) in [5.74, 6) is -1.23. The molecule has 1 aliphatic rings. The molecule has 0 aliphatic carbocycles. The van der Waals surface area contributed by atoms with E-state index in [1.54, 1.807) is 19.2 Å². The van der Waals surface area contributed by atoms with Crippen LogP contribution in [0.2, 0.25) is 0 Å². The fraction of sp³-hybridized carbons (Fsp3) is 0.405. The highest BCUT2D eigenvalue weighted by Gasteiger charge is 2.41. The molecule has 1 atom stereocenters. The predicted molar refractivity (Wildman–Crippen MR) is 190 cm³/mol. The maximum Gasteiger partial charge on any atom is 0.416 e. The van der Waals surface area contributed by atoms with E-state index in [1.807, 2.05) is 95.0 Å². The molecule has 264 valence electrons. The number of halogens is 3. The second kappa shape index (κ2) is 16.6. The first kappa shape index (κ1) is 38.7. The first-order chi connectivity index (χ1) is 23.1. The Morgan fingerprint density at radius 3 is 2.27 bits per heavy atom. The predicted octanol–water partition coefficient (Wildman–Crippen LogP) is 6.98. The van der Waals surface area contributed by atoms with Crippen LogP contribution in [0.5, 0.6) is 0 Å². The molecule has 49 heavy (non-hydrogen) atoms. The third-order valence-corrected chi connectivity index (χ3v) is 8.06. The molecule has 3 amide bonds. The molecule has 1 fully saturated rings. The number of benzene rings is 2. The smallest absolute Gasteiger partial charge is 0.368 e. The summed E-state index contributed by atoms with van der Waals surface area (Å²) in [5, 5.41) is 2.93. The van der Waals surface area contributed by atoms with Gasteiger partial charge >= 0.3 is 6.18 Å². The molecule has 1 N–H and O–H groups in total. The van der Waals surface area contributed by atoms with Crippen LogP contribution in [0.4, 0.5) is 36.1 Å². The van der Waals surface area contributed by atoms with Gasteiger partial charge in [0.15, 0.2) is 0 Å². The molecule has 0 bridgehead atoms. The minimum atomic E-state index is -4.63. The van der Waals surface area contributed by atoms with Crippen molar-refractivity contribution in [1.82, 2.24) is 9.88 Å². The highest BCUT2D eigenvalue weighted by Crippen LogP contribution is 2.37. The van der Waals surface area contributed by atoms with E-state index in [0.717, 1.165) is 33.8 Å². The van der Waals surface area contributed by atoms with E-state index in [4.69, 9.17) is 0 Å². The number of allylic oxidation sites excluding steroid dienone is 1. The van der Waals surface area contributed by atoms with Crippen molar-refractivity contribution in [3.8, 4) is 0 Å². The molecule has 2 aromatic carbocycles. The zero-order valence-corrected chi connectivity index (χ0v) is 29.8. The van der Waals surface area contributed by atoms with Gasteiger partial charge in [-0.05, 0) is 82.7 Å². The zero-order valence-electron chi connectivity index (χ0n) is 29.8. The van der Waals surface area contributed by atoms with Gasteiger partial charge in [-0.3, -0.25) is 19.3 Å². The van der Waals surface area contributed by atoms with Gasteiger partial charge in [0.05, 0.1) is 16.9 Å². The summed E-state index contributed by atoms with van der Waals surface area (Å²) in [5.41, 5.74) is 3.75. The van der Waals surface area contributed by atoms with Gasteiger partial charge in [0.2, 0.25) is 11.8 Å². The van der Waals surface area contributed by atoms with Crippen molar-refractivity contribution in [2.45, 2.75) is 66.2 Å². The van der Waals surface area contributed by atoms with Crippen LogP contribution >= 0.6 is 0 Å². The minimum absolute atomic E-state index is 0.0178. The number of hydrogen-bond donors (Lipinski definition) is 1. The average Bonchev–Trinajstić information content (AvgIpc) is 3.44. The lowest BCUT2D eigenvalue weighted by Gasteiger charge is -2.32. The van der Waals surface area contributed by atoms with E-state index in [2.05, 4.69) is 10.3 Å². The Hall–Kier alpha value is -4.71. The number of aryl methyl sites for hydroxylation is 2. The third-order valence-electron chi connectivity index (χ3n) is 8.06. The average molecular weight is 681 g/mol. The fourth-order valence-corrected chi connectivity index (χ4v) is 5.79. The number of para-hydroxylation sites is 1. The van der Waals surface area contributed by atoms with Crippen molar-refractivity contribution in [2.75, 3.05) is 54.8 Å². The molecule has 1 aliphatic heterocycles. The quantitative estimate of drug-likeness (QED) is 0.233. The summed E-state index contributed by atoms with van der Waals surface area (Å²) in [4.78, 5) is 50.3. The van der Waals surface area contributed by atoms with Crippen LogP contribution < -0.4 is 20.0 Å². The second-order valence-corrected chi connectivity index (χ2v) is 12.1. The number of likely N-dealkylation sites (N-methyl/N-ethyl adjacent to an activating group) is 2. The highest BCUT2D eigenvalue weighted by molar-refractivity contribution is 6.09. The van der Waals surface area contributed by atoms with E-state index in [0.29, 0.717) is 30.0 Å². The summed E-state index contributed by atoms with van der Waals surface area (Å²) in [6.45, 7) is 10.2. The maximum atomic E-state index is 14.0.